The van der Waals surface area contributed by atoms with Crippen LogP contribution in [0.5, 0.6) is 5.75 Å². The van der Waals surface area contributed by atoms with Gasteiger partial charge in [0.15, 0.2) is 0 Å². The summed E-state index contributed by atoms with van der Waals surface area (Å²) in [5, 5.41) is 10.9. The number of hydrogen-bond acceptors (Lipinski definition) is 5. The van der Waals surface area contributed by atoms with Gasteiger partial charge in [0.25, 0.3) is 0 Å². The molecule has 7 heteroatoms. The number of nitrogens with zero attached hydrogens (tertiary/aromatic N) is 2. The molecule has 2 aromatic rings. The Labute approximate surface area is 155 Å². The van der Waals surface area contributed by atoms with Gasteiger partial charge in [0.2, 0.25) is 0 Å². The van der Waals surface area contributed by atoms with E-state index in [1.54, 1.807) is 30.3 Å². The molecule has 1 N–H and O–H groups in total. The largest absolute Gasteiger partial charge is 0.493 e. The Balaban J connectivity index is 1.55. The molecule has 1 aromatic carbocycles. The number of rotatable bonds is 6. The third-order valence-corrected chi connectivity index (χ3v) is 5.62. The second-order valence-electron chi connectivity index (χ2n) is 6.08. The molecule has 128 valence electrons. The first-order valence-corrected chi connectivity index (χ1v) is 9.07. The van der Waals surface area contributed by atoms with Crippen molar-refractivity contribution in [1.29, 1.82) is 0 Å². The Morgan fingerprint density at radius 2 is 2.08 bits per heavy atom. The fourth-order valence-corrected chi connectivity index (χ4v) is 4.27. The van der Waals surface area contributed by atoms with Gasteiger partial charge in [0, 0.05) is 30.2 Å². The number of aliphatic hydroxyl groups excluding tert-OH is 1. The van der Waals surface area contributed by atoms with Gasteiger partial charge in [-0.25, -0.2) is 9.29 Å². The highest BCUT2D eigenvalue weighted by Crippen LogP contribution is 2.40. The highest BCUT2D eigenvalue weighted by Gasteiger charge is 2.44. The quantitative estimate of drug-likeness (QED) is 0.600. The second kappa shape index (κ2) is 7.50. The van der Waals surface area contributed by atoms with E-state index in [1.807, 2.05) is 25.1 Å². The Morgan fingerprint density at radius 1 is 1.29 bits per heavy atom. The zero-order chi connectivity index (χ0) is 17.2. The maximum atomic E-state index is 9.76. The van der Waals surface area contributed by atoms with Crippen LogP contribution in [0.3, 0.4) is 0 Å². The van der Waals surface area contributed by atoms with E-state index in [0.717, 1.165) is 28.6 Å². The van der Waals surface area contributed by atoms with Crippen molar-refractivity contribution in [2.45, 2.75) is 11.8 Å². The van der Waals surface area contributed by atoms with Crippen LogP contribution in [0.25, 0.3) is 0 Å². The number of aromatic nitrogens is 1. The molecule has 0 bridgehead atoms. The number of pyridine rings is 1. The van der Waals surface area contributed by atoms with Gasteiger partial charge >= 0.3 is 0 Å². The molecule has 1 aliphatic heterocycles. The molecule has 0 radical (unpaired) electrons. The van der Waals surface area contributed by atoms with Crippen molar-refractivity contribution in [3.63, 3.8) is 0 Å². The van der Waals surface area contributed by atoms with Gasteiger partial charge in [-0.05, 0) is 42.6 Å². The molecule has 0 aliphatic carbocycles. The Hall–Kier alpha value is -0.980. The summed E-state index contributed by atoms with van der Waals surface area (Å²) in [7, 11) is 0. The molecule has 0 amide bonds. The Morgan fingerprint density at radius 3 is 2.75 bits per heavy atom. The van der Waals surface area contributed by atoms with Crippen molar-refractivity contribution >= 4 is 35.1 Å². The van der Waals surface area contributed by atoms with Crippen LogP contribution in [0, 0.1) is 12.3 Å². The maximum absolute atomic E-state index is 9.76. The molecule has 1 aliphatic rings. The minimum atomic E-state index is -0.264. The lowest BCUT2D eigenvalue weighted by Crippen LogP contribution is -2.58. The number of ether oxygens (including phenoxy) is 1. The van der Waals surface area contributed by atoms with Crippen molar-refractivity contribution in [2.24, 2.45) is 5.41 Å². The molecule has 2 heterocycles. The van der Waals surface area contributed by atoms with Gasteiger partial charge in [-0.3, -0.25) is 0 Å². The Bertz CT molecular complexity index is 723. The van der Waals surface area contributed by atoms with Gasteiger partial charge in [-0.1, -0.05) is 29.3 Å². The fourth-order valence-electron chi connectivity index (χ4n) is 2.53. The van der Waals surface area contributed by atoms with Crippen LogP contribution in [-0.2, 0) is 0 Å². The van der Waals surface area contributed by atoms with E-state index in [9.17, 15) is 5.11 Å². The molecule has 1 aromatic heterocycles. The van der Waals surface area contributed by atoms with Crippen molar-refractivity contribution in [3.8, 4) is 5.75 Å². The number of benzene rings is 1. The van der Waals surface area contributed by atoms with Crippen LogP contribution in [0.4, 0.5) is 0 Å². The molecule has 1 fully saturated rings. The topological polar surface area (TPSA) is 45.6 Å². The summed E-state index contributed by atoms with van der Waals surface area (Å²) >= 11 is 13.7. The molecular formula is C17H18Cl2N2O2S. The van der Waals surface area contributed by atoms with Crippen molar-refractivity contribution < 1.29 is 9.84 Å². The number of aliphatic hydroxyl groups is 1. The Kier molecular flexibility index (Phi) is 5.57. The van der Waals surface area contributed by atoms with E-state index in [1.165, 1.54) is 0 Å². The van der Waals surface area contributed by atoms with Crippen LogP contribution in [0.15, 0.2) is 41.4 Å². The molecule has 0 unspecified atom stereocenters. The third kappa shape index (κ3) is 4.16. The SMILES string of the molecule is Cc1ccc(SN2CC(CO)(COc3ccnc(Cl)c3)C2)c(Cl)c1. The summed E-state index contributed by atoms with van der Waals surface area (Å²) in [4.78, 5) is 4.95. The first-order chi connectivity index (χ1) is 11.5. The standard InChI is InChI=1S/C17H18Cl2N2O2S/c1-12-2-3-15(14(18)6-12)24-21-8-17(9-21,10-22)11-23-13-4-5-20-16(19)7-13/h2-7,22H,8-11H2,1H3. The predicted octanol–water partition coefficient (Wildman–Crippen LogP) is 4.08. The molecule has 4 nitrogen and oxygen atoms in total. The summed E-state index contributed by atoms with van der Waals surface area (Å²) in [5.74, 6) is 0.663. The second-order valence-corrected chi connectivity index (χ2v) is 8.02. The number of aryl methyl sites for hydroxylation is 1. The van der Waals surface area contributed by atoms with Crippen LogP contribution in [0.2, 0.25) is 10.2 Å². The van der Waals surface area contributed by atoms with Crippen molar-refractivity contribution in [1.82, 2.24) is 9.29 Å². The summed E-state index contributed by atoms with van der Waals surface area (Å²) < 4.78 is 7.95. The highest BCUT2D eigenvalue weighted by atomic mass is 35.5. The van der Waals surface area contributed by atoms with E-state index >= 15 is 0 Å². The zero-order valence-corrected chi connectivity index (χ0v) is 15.5. The zero-order valence-electron chi connectivity index (χ0n) is 13.2. The normalized spacial score (nSPS) is 16.7. The highest BCUT2D eigenvalue weighted by molar-refractivity contribution is 7.97. The van der Waals surface area contributed by atoms with Crippen molar-refractivity contribution in [2.75, 3.05) is 26.3 Å². The van der Waals surface area contributed by atoms with Crippen molar-refractivity contribution in [3.05, 3.63) is 52.3 Å². The lowest BCUT2D eigenvalue weighted by Gasteiger charge is -2.47. The minimum Gasteiger partial charge on any atom is -0.493 e. The third-order valence-electron chi connectivity index (χ3n) is 3.92. The summed E-state index contributed by atoms with van der Waals surface area (Å²) in [5.41, 5.74) is 0.877. The summed E-state index contributed by atoms with van der Waals surface area (Å²) in [6.45, 7) is 3.99. The lowest BCUT2D eigenvalue weighted by molar-refractivity contribution is -0.0226. The molecule has 1 saturated heterocycles. The average molecular weight is 385 g/mol. The van der Waals surface area contributed by atoms with E-state index in [2.05, 4.69) is 9.29 Å². The van der Waals surface area contributed by atoms with E-state index in [-0.39, 0.29) is 12.0 Å². The predicted molar refractivity (Wildman–Crippen MR) is 97.9 cm³/mol. The van der Waals surface area contributed by atoms with Crippen LogP contribution in [-0.4, -0.2) is 40.7 Å². The number of halogens is 2. The molecule has 24 heavy (non-hydrogen) atoms. The summed E-state index contributed by atoms with van der Waals surface area (Å²) in [6.07, 6.45) is 1.60. The van der Waals surface area contributed by atoms with Gasteiger partial charge in [-0.15, -0.1) is 0 Å². The van der Waals surface area contributed by atoms with Gasteiger partial charge in [0.1, 0.15) is 10.9 Å². The van der Waals surface area contributed by atoms with E-state index in [4.69, 9.17) is 27.9 Å². The van der Waals surface area contributed by atoms with Crippen LogP contribution < -0.4 is 4.74 Å². The first kappa shape index (κ1) is 17.8. The average Bonchev–Trinajstić information content (AvgIpc) is 2.51. The van der Waals surface area contributed by atoms with E-state index < -0.39 is 0 Å². The molecule has 3 rings (SSSR count). The van der Waals surface area contributed by atoms with Gasteiger partial charge < -0.3 is 9.84 Å². The van der Waals surface area contributed by atoms with Crippen LogP contribution >= 0.6 is 35.1 Å². The molecular weight excluding hydrogens is 367 g/mol. The van der Waals surface area contributed by atoms with Crippen LogP contribution in [0.1, 0.15) is 5.56 Å². The fraction of sp³-hybridized carbons (Fsp3) is 0.353. The van der Waals surface area contributed by atoms with E-state index in [0.29, 0.717) is 17.5 Å². The first-order valence-electron chi connectivity index (χ1n) is 7.54. The number of hydrogen-bond donors (Lipinski definition) is 1. The van der Waals surface area contributed by atoms with Gasteiger partial charge in [-0.2, -0.15) is 0 Å². The molecule has 0 atom stereocenters. The lowest BCUT2D eigenvalue weighted by atomic mass is 9.83. The van der Waals surface area contributed by atoms with Gasteiger partial charge in [0.05, 0.1) is 23.7 Å². The molecule has 0 saturated carbocycles. The monoisotopic (exact) mass is 384 g/mol. The summed E-state index contributed by atoms with van der Waals surface area (Å²) in [6, 6.07) is 9.46. The smallest absolute Gasteiger partial charge is 0.132 e. The minimum absolute atomic E-state index is 0.0739. The molecule has 0 spiro atoms. The maximum Gasteiger partial charge on any atom is 0.132 e.